The Hall–Kier alpha value is -1.02. The topological polar surface area (TPSA) is 37.3 Å². The highest BCUT2D eigenvalue weighted by Crippen LogP contribution is 2.22. The van der Waals surface area contributed by atoms with Crippen LogP contribution in [0.3, 0.4) is 0 Å². The van der Waals surface area contributed by atoms with Gasteiger partial charge in [-0.1, -0.05) is 45.0 Å². The standard InChI is InChI=1S/C13H17ClO2/c1-13(2,3)10-6-4-9(5-7-10)8-11(14)12(15)16/h4-7,11H,8H2,1-3H3,(H,15,16). The van der Waals surface area contributed by atoms with E-state index in [1.807, 2.05) is 24.3 Å². The van der Waals surface area contributed by atoms with Gasteiger partial charge in [-0.2, -0.15) is 0 Å². The van der Waals surface area contributed by atoms with E-state index in [4.69, 9.17) is 16.7 Å². The van der Waals surface area contributed by atoms with Crippen LogP contribution < -0.4 is 0 Å². The van der Waals surface area contributed by atoms with Crippen molar-refractivity contribution in [3.8, 4) is 0 Å². The molecule has 0 fully saturated rings. The van der Waals surface area contributed by atoms with Crippen LogP contribution in [-0.4, -0.2) is 16.5 Å². The second kappa shape index (κ2) is 4.88. The lowest BCUT2D eigenvalue weighted by atomic mass is 9.86. The Bertz CT molecular complexity index is 363. The zero-order valence-electron chi connectivity index (χ0n) is 9.83. The summed E-state index contributed by atoms with van der Waals surface area (Å²) < 4.78 is 0. The number of rotatable bonds is 3. The SMILES string of the molecule is CC(C)(C)c1ccc(CC(Cl)C(=O)O)cc1. The van der Waals surface area contributed by atoms with Gasteiger partial charge in [-0.05, 0) is 23.0 Å². The quantitative estimate of drug-likeness (QED) is 0.824. The molecule has 0 amide bonds. The van der Waals surface area contributed by atoms with Crippen LogP contribution in [0.25, 0.3) is 0 Å². The van der Waals surface area contributed by atoms with Crippen LogP contribution in [0.15, 0.2) is 24.3 Å². The second-order valence-electron chi connectivity index (χ2n) is 4.96. The summed E-state index contributed by atoms with van der Waals surface area (Å²) in [6.45, 7) is 6.43. The first-order chi connectivity index (χ1) is 7.30. The van der Waals surface area contributed by atoms with Crippen LogP contribution in [-0.2, 0) is 16.6 Å². The average Bonchev–Trinajstić information content (AvgIpc) is 2.17. The van der Waals surface area contributed by atoms with Crippen molar-refractivity contribution in [3.05, 3.63) is 35.4 Å². The van der Waals surface area contributed by atoms with Crippen molar-refractivity contribution in [2.24, 2.45) is 0 Å². The Morgan fingerprint density at radius 2 is 1.81 bits per heavy atom. The van der Waals surface area contributed by atoms with Crippen LogP contribution in [0.2, 0.25) is 0 Å². The fourth-order valence-electron chi connectivity index (χ4n) is 1.44. The van der Waals surface area contributed by atoms with E-state index in [0.717, 1.165) is 5.56 Å². The Kier molecular flexibility index (Phi) is 3.98. The molecule has 0 heterocycles. The monoisotopic (exact) mass is 240 g/mol. The predicted octanol–water partition coefficient (Wildman–Crippen LogP) is 3.22. The summed E-state index contributed by atoms with van der Waals surface area (Å²) >= 11 is 5.68. The number of benzene rings is 1. The van der Waals surface area contributed by atoms with Gasteiger partial charge < -0.3 is 5.11 Å². The third-order valence-corrected chi connectivity index (χ3v) is 2.84. The first-order valence-electron chi connectivity index (χ1n) is 5.27. The van der Waals surface area contributed by atoms with Gasteiger partial charge in [0.25, 0.3) is 0 Å². The zero-order valence-corrected chi connectivity index (χ0v) is 10.6. The highest BCUT2D eigenvalue weighted by molar-refractivity contribution is 6.29. The van der Waals surface area contributed by atoms with E-state index in [-0.39, 0.29) is 5.41 Å². The molecule has 88 valence electrons. The van der Waals surface area contributed by atoms with Crippen LogP contribution >= 0.6 is 11.6 Å². The van der Waals surface area contributed by atoms with Crippen molar-refractivity contribution in [2.75, 3.05) is 0 Å². The predicted molar refractivity (Wildman–Crippen MR) is 66.1 cm³/mol. The van der Waals surface area contributed by atoms with Crippen molar-refractivity contribution < 1.29 is 9.90 Å². The van der Waals surface area contributed by atoms with Crippen LogP contribution in [0.5, 0.6) is 0 Å². The molecule has 2 nitrogen and oxygen atoms in total. The number of halogens is 1. The van der Waals surface area contributed by atoms with E-state index in [1.165, 1.54) is 5.56 Å². The lowest BCUT2D eigenvalue weighted by molar-refractivity contribution is -0.136. The minimum Gasteiger partial charge on any atom is -0.480 e. The molecule has 0 bridgehead atoms. The zero-order chi connectivity index (χ0) is 12.3. The van der Waals surface area contributed by atoms with Gasteiger partial charge in [0.05, 0.1) is 0 Å². The van der Waals surface area contributed by atoms with Gasteiger partial charge in [0.2, 0.25) is 0 Å². The van der Waals surface area contributed by atoms with Crippen molar-refractivity contribution in [1.29, 1.82) is 0 Å². The molecule has 0 aliphatic heterocycles. The maximum Gasteiger partial charge on any atom is 0.321 e. The molecule has 1 aromatic carbocycles. The summed E-state index contributed by atoms with van der Waals surface area (Å²) in [5, 5.41) is 7.85. The van der Waals surface area contributed by atoms with Gasteiger partial charge in [0, 0.05) is 0 Å². The lowest BCUT2D eigenvalue weighted by Gasteiger charge is -2.19. The highest BCUT2D eigenvalue weighted by Gasteiger charge is 2.16. The largest absolute Gasteiger partial charge is 0.480 e. The van der Waals surface area contributed by atoms with Gasteiger partial charge in [0.1, 0.15) is 5.38 Å². The summed E-state index contributed by atoms with van der Waals surface area (Å²) in [5.74, 6) is -0.971. The lowest BCUT2D eigenvalue weighted by Crippen LogP contribution is -2.16. The van der Waals surface area contributed by atoms with Gasteiger partial charge in [-0.3, -0.25) is 4.79 Å². The molecular formula is C13H17ClO2. The molecule has 0 saturated heterocycles. The summed E-state index contributed by atoms with van der Waals surface area (Å²) in [4.78, 5) is 10.6. The second-order valence-corrected chi connectivity index (χ2v) is 5.48. The van der Waals surface area contributed by atoms with Crippen molar-refractivity contribution in [1.82, 2.24) is 0 Å². The van der Waals surface area contributed by atoms with Crippen LogP contribution in [0, 0.1) is 0 Å². The van der Waals surface area contributed by atoms with E-state index in [0.29, 0.717) is 6.42 Å². The van der Waals surface area contributed by atoms with Crippen LogP contribution in [0.1, 0.15) is 31.9 Å². The summed E-state index contributed by atoms with van der Waals surface area (Å²) in [5.41, 5.74) is 2.30. The number of aliphatic carboxylic acids is 1. The summed E-state index contributed by atoms with van der Waals surface area (Å²) in [6, 6.07) is 7.94. The average molecular weight is 241 g/mol. The van der Waals surface area contributed by atoms with Gasteiger partial charge in [0.15, 0.2) is 0 Å². The number of hydrogen-bond donors (Lipinski definition) is 1. The van der Waals surface area contributed by atoms with E-state index in [2.05, 4.69) is 20.8 Å². The molecule has 16 heavy (non-hydrogen) atoms. The Balaban J connectivity index is 2.76. The highest BCUT2D eigenvalue weighted by atomic mass is 35.5. The fourth-order valence-corrected chi connectivity index (χ4v) is 1.61. The number of alkyl halides is 1. The molecule has 1 N–H and O–H groups in total. The molecule has 1 atom stereocenters. The first-order valence-corrected chi connectivity index (χ1v) is 5.70. The summed E-state index contributed by atoms with van der Waals surface area (Å²) in [7, 11) is 0. The summed E-state index contributed by atoms with van der Waals surface area (Å²) in [6.07, 6.45) is 0.362. The molecular weight excluding hydrogens is 224 g/mol. The van der Waals surface area contributed by atoms with Crippen molar-refractivity contribution in [2.45, 2.75) is 38.0 Å². The van der Waals surface area contributed by atoms with Crippen LogP contribution in [0.4, 0.5) is 0 Å². The van der Waals surface area contributed by atoms with Gasteiger partial charge >= 0.3 is 5.97 Å². The smallest absolute Gasteiger partial charge is 0.321 e. The maximum atomic E-state index is 10.6. The Labute approximate surface area is 101 Å². The Morgan fingerprint density at radius 3 is 2.19 bits per heavy atom. The minimum atomic E-state index is -0.971. The molecule has 1 aromatic rings. The number of carboxylic acids is 1. The van der Waals surface area contributed by atoms with Gasteiger partial charge in [-0.25, -0.2) is 0 Å². The molecule has 0 radical (unpaired) electrons. The molecule has 1 unspecified atom stereocenters. The van der Waals surface area contributed by atoms with E-state index < -0.39 is 11.3 Å². The molecule has 0 aromatic heterocycles. The molecule has 0 aliphatic carbocycles. The molecule has 0 aliphatic rings. The molecule has 0 saturated carbocycles. The van der Waals surface area contributed by atoms with Crippen molar-refractivity contribution in [3.63, 3.8) is 0 Å². The maximum absolute atomic E-state index is 10.6. The number of carbonyl (C=O) groups is 1. The van der Waals surface area contributed by atoms with E-state index in [1.54, 1.807) is 0 Å². The van der Waals surface area contributed by atoms with E-state index in [9.17, 15) is 4.79 Å². The molecule has 3 heteroatoms. The van der Waals surface area contributed by atoms with Crippen molar-refractivity contribution >= 4 is 17.6 Å². The minimum absolute atomic E-state index is 0.117. The van der Waals surface area contributed by atoms with E-state index >= 15 is 0 Å². The third kappa shape index (κ3) is 3.53. The third-order valence-electron chi connectivity index (χ3n) is 2.50. The number of hydrogen-bond acceptors (Lipinski definition) is 1. The first kappa shape index (κ1) is 13.0. The number of carboxylic acid groups (broad SMARTS) is 1. The normalized spacial score (nSPS) is 13.5. The molecule has 0 spiro atoms. The fraction of sp³-hybridized carbons (Fsp3) is 0.462. The molecule has 1 rings (SSSR count). The Morgan fingerprint density at radius 1 is 1.31 bits per heavy atom. The van der Waals surface area contributed by atoms with Gasteiger partial charge in [-0.15, -0.1) is 11.6 Å².